The Labute approximate surface area is 98.9 Å². The molecule has 0 unspecified atom stereocenters. The number of hydrogen-bond donors (Lipinski definition) is 0. The van der Waals surface area contributed by atoms with E-state index in [9.17, 15) is 4.79 Å². The second kappa shape index (κ2) is 5.16. The van der Waals surface area contributed by atoms with Crippen molar-refractivity contribution in [1.82, 2.24) is 0 Å². The Bertz CT molecular complexity index is 403. The summed E-state index contributed by atoms with van der Waals surface area (Å²) in [7, 11) is 0. The van der Waals surface area contributed by atoms with E-state index in [1.54, 1.807) is 11.8 Å². The Morgan fingerprint density at radius 1 is 1.50 bits per heavy atom. The van der Waals surface area contributed by atoms with Gasteiger partial charge in [-0.1, -0.05) is 30.3 Å². The highest BCUT2D eigenvalue weighted by Gasteiger charge is 2.26. The van der Waals surface area contributed by atoms with E-state index >= 15 is 0 Å². The molecule has 1 heterocycles. The number of carbonyl (C=O) groups excluding carboxylic acids is 1. The van der Waals surface area contributed by atoms with Gasteiger partial charge in [0, 0.05) is 11.3 Å². The average molecular weight is 235 g/mol. The molecule has 0 aliphatic carbocycles. The summed E-state index contributed by atoms with van der Waals surface area (Å²) in [5.74, 6) is 0.462. The number of aliphatic imine (C=N–C) groups is 1. The summed E-state index contributed by atoms with van der Waals surface area (Å²) in [5, 5.41) is 0.929. The molecule has 4 heteroatoms. The molecule has 3 nitrogen and oxygen atoms in total. The first-order valence-corrected chi connectivity index (χ1v) is 6.22. The molecule has 0 aromatic heterocycles. The van der Waals surface area contributed by atoms with Crippen molar-refractivity contribution in [1.29, 1.82) is 0 Å². The van der Waals surface area contributed by atoms with Crippen molar-refractivity contribution >= 4 is 22.8 Å². The van der Waals surface area contributed by atoms with Crippen LogP contribution in [0.2, 0.25) is 0 Å². The smallest absolute Gasteiger partial charge is 0.331 e. The largest absolute Gasteiger partial charge is 0.464 e. The maximum atomic E-state index is 11.5. The zero-order chi connectivity index (χ0) is 11.4. The lowest BCUT2D eigenvalue weighted by Gasteiger charge is -2.03. The monoisotopic (exact) mass is 235 g/mol. The molecule has 2 rings (SSSR count). The van der Waals surface area contributed by atoms with Crippen molar-refractivity contribution in [2.75, 3.05) is 12.4 Å². The molecular formula is C12H13NO2S. The Morgan fingerprint density at radius 2 is 2.25 bits per heavy atom. The molecule has 1 aliphatic rings. The molecule has 0 fully saturated rings. The number of thioether (sulfide) groups is 1. The molecule has 84 valence electrons. The third-order valence-electron chi connectivity index (χ3n) is 2.23. The van der Waals surface area contributed by atoms with Gasteiger partial charge in [0.15, 0.2) is 6.04 Å². The molecule has 1 aromatic rings. The standard InChI is InChI=1S/C12H13NO2S/c1-2-15-12(14)10-8-16-11(13-10)9-6-4-3-5-7-9/h3-7,10H,2,8H2,1H3/t10-/m0/s1. The van der Waals surface area contributed by atoms with Crippen molar-refractivity contribution in [2.24, 2.45) is 4.99 Å². The lowest BCUT2D eigenvalue weighted by molar-refractivity contribution is -0.143. The minimum absolute atomic E-state index is 0.221. The van der Waals surface area contributed by atoms with Crippen LogP contribution in [0.1, 0.15) is 12.5 Å². The van der Waals surface area contributed by atoms with Crippen molar-refractivity contribution in [3.63, 3.8) is 0 Å². The Balaban J connectivity index is 2.09. The predicted octanol–water partition coefficient (Wildman–Crippen LogP) is 2.11. The molecule has 0 radical (unpaired) electrons. The average Bonchev–Trinajstić information content (AvgIpc) is 2.80. The van der Waals surface area contributed by atoms with E-state index in [4.69, 9.17) is 4.74 Å². The van der Waals surface area contributed by atoms with Gasteiger partial charge in [-0.05, 0) is 6.92 Å². The molecule has 1 atom stereocenters. The number of esters is 1. The highest BCUT2D eigenvalue weighted by atomic mass is 32.2. The van der Waals surface area contributed by atoms with Crippen LogP contribution in [0.3, 0.4) is 0 Å². The quantitative estimate of drug-likeness (QED) is 0.753. The Kier molecular flexibility index (Phi) is 3.62. The molecule has 0 saturated heterocycles. The van der Waals surface area contributed by atoms with Gasteiger partial charge in [-0.25, -0.2) is 4.79 Å². The van der Waals surface area contributed by atoms with Crippen molar-refractivity contribution < 1.29 is 9.53 Å². The van der Waals surface area contributed by atoms with Gasteiger partial charge in [0.05, 0.1) is 11.7 Å². The van der Waals surface area contributed by atoms with E-state index in [1.807, 2.05) is 37.3 Å². The molecule has 1 aromatic carbocycles. The van der Waals surface area contributed by atoms with Gasteiger partial charge in [-0.2, -0.15) is 0 Å². The minimum atomic E-state index is -0.333. The summed E-state index contributed by atoms with van der Waals surface area (Å²) in [4.78, 5) is 15.9. The highest BCUT2D eigenvalue weighted by molar-refractivity contribution is 8.14. The molecule has 0 saturated carbocycles. The van der Waals surface area contributed by atoms with Crippen LogP contribution in [0.15, 0.2) is 35.3 Å². The summed E-state index contributed by atoms with van der Waals surface area (Å²) < 4.78 is 4.95. The Morgan fingerprint density at radius 3 is 2.94 bits per heavy atom. The van der Waals surface area contributed by atoms with Crippen LogP contribution in [-0.2, 0) is 9.53 Å². The number of rotatable bonds is 3. The van der Waals surface area contributed by atoms with Crippen LogP contribution in [0.4, 0.5) is 0 Å². The van der Waals surface area contributed by atoms with Gasteiger partial charge in [-0.15, -0.1) is 11.8 Å². The first kappa shape index (κ1) is 11.2. The third kappa shape index (κ3) is 2.44. The lowest BCUT2D eigenvalue weighted by Crippen LogP contribution is -2.21. The highest BCUT2D eigenvalue weighted by Crippen LogP contribution is 2.23. The van der Waals surface area contributed by atoms with Crippen LogP contribution in [0, 0.1) is 0 Å². The summed E-state index contributed by atoms with van der Waals surface area (Å²) in [6, 6.07) is 9.57. The maximum Gasteiger partial charge on any atom is 0.331 e. The van der Waals surface area contributed by atoms with Gasteiger partial charge < -0.3 is 4.74 Å². The van der Waals surface area contributed by atoms with E-state index in [2.05, 4.69) is 4.99 Å². The number of hydrogen-bond acceptors (Lipinski definition) is 4. The zero-order valence-corrected chi connectivity index (χ0v) is 9.87. The zero-order valence-electron chi connectivity index (χ0n) is 9.05. The fraction of sp³-hybridized carbons (Fsp3) is 0.333. The first-order valence-electron chi connectivity index (χ1n) is 5.24. The Hall–Kier alpha value is -1.29. The summed E-state index contributed by atoms with van der Waals surface area (Å²) >= 11 is 1.61. The van der Waals surface area contributed by atoms with Gasteiger partial charge in [0.1, 0.15) is 0 Å². The number of ether oxygens (including phenoxy) is 1. The lowest BCUT2D eigenvalue weighted by atomic mass is 10.2. The van der Waals surface area contributed by atoms with Gasteiger partial charge in [-0.3, -0.25) is 4.99 Å². The van der Waals surface area contributed by atoms with E-state index in [0.717, 1.165) is 10.6 Å². The SMILES string of the molecule is CCOC(=O)[C@@H]1CSC(c2ccccc2)=N1. The van der Waals surface area contributed by atoms with Crippen LogP contribution >= 0.6 is 11.8 Å². The number of nitrogens with zero attached hydrogens (tertiary/aromatic N) is 1. The van der Waals surface area contributed by atoms with E-state index in [0.29, 0.717) is 12.4 Å². The molecule has 1 aliphatic heterocycles. The molecule has 16 heavy (non-hydrogen) atoms. The third-order valence-corrected chi connectivity index (χ3v) is 3.33. The van der Waals surface area contributed by atoms with Crippen molar-refractivity contribution in [2.45, 2.75) is 13.0 Å². The molecule has 0 bridgehead atoms. The molecular weight excluding hydrogens is 222 g/mol. The fourth-order valence-electron chi connectivity index (χ4n) is 1.47. The fourth-order valence-corrected chi connectivity index (χ4v) is 2.50. The number of carbonyl (C=O) groups is 1. The van der Waals surface area contributed by atoms with Crippen LogP contribution in [0.5, 0.6) is 0 Å². The predicted molar refractivity (Wildman–Crippen MR) is 65.9 cm³/mol. The summed E-state index contributed by atoms with van der Waals surface area (Å²) in [6.07, 6.45) is 0. The molecule has 0 spiro atoms. The maximum absolute atomic E-state index is 11.5. The minimum Gasteiger partial charge on any atom is -0.464 e. The van der Waals surface area contributed by atoms with Crippen LogP contribution < -0.4 is 0 Å². The van der Waals surface area contributed by atoms with E-state index in [-0.39, 0.29) is 12.0 Å². The van der Waals surface area contributed by atoms with Crippen molar-refractivity contribution in [3.05, 3.63) is 35.9 Å². The van der Waals surface area contributed by atoms with E-state index < -0.39 is 0 Å². The van der Waals surface area contributed by atoms with Gasteiger partial charge >= 0.3 is 5.97 Å². The van der Waals surface area contributed by atoms with E-state index in [1.165, 1.54) is 0 Å². The summed E-state index contributed by atoms with van der Waals surface area (Å²) in [5.41, 5.74) is 1.07. The number of benzene rings is 1. The van der Waals surface area contributed by atoms with Crippen LogP contribution in [0.25, 0.3) is 0 Å². The topological polar surface area (TPSA) is 38.7 Å². The second-order valence-electron chi connectivity index (χ2n) is 3.38. The van der Waals surface area contributed by atoms with Gasteiger partial charge in [0.25, 0.3) is 0 Å². The molecule has 0 amide bonds. The molecule has 0 N–H and O–H groups in total. The van der Waals surface area contributed by atoms with Crippen LogP contribution in [-0.4, -0.2) is 29.4 Å². The first-order chi connectivity index (χ1) is 7.81. The second-order valence-corrected chi connectivity index (χ2v) is 4.39. The van der Waals surface area contributed by atoms with Crippen molar-refractivity contribution in [3.8, 4) is 0 Å². The summed E-state index contributed by atoms with van der Waals surface area (Å²) in [6.45, 7) is 2.22. The van der Waals surface area contributed by atoms with Gasteiger partial charge in [0.2, 0.25) is 0 Å². The normalized spacial score (nSPS) is 19.3.